The van der Waals surface area contributed by atoms with Gasteiger partial charge in [-0.15, -0.1) is 0 Å². The van der Waals surface area contributed by atoms with E-state index in [1.165, 1.54) is 0 Å². The second-order valence-corrected chi connectivity index (χ2v) is 5.70. The van der Waals surface area contributed by atoms with Crippen LogP contribution in [0.25, 0.3) is 0 Å². The summed E-state index contributed by atoms with van der Waals surface area (Å²) >= 11 is 0. The number of rotatable bonds is 4. The molecule has 6 nitrogen and oxygen atoms in total. The molecule has 0 saturated carbocycles. The molecule has 0 aromatic carbocycles. The Labute approximate surface area is 118 Å². The van der Waals surface area contributed by atoms with Crippen LogP contribution in [-0.4, -0.2) is 48.9 Å². The Morgan fingerprint density at radius 1 is 1.30 bits per heavy atom. The van der Waals surface area contributed by atoms with Crippen LogP contribution in [0.5, 0.6) is 0 Å². The van der Waals surface area contributed by atoms with Crippen LogP contribution in [0.1, 0.15) is 32.6 Å². The van der Waals surface area contributed by atoms with Crippen LogP contribution in [0.15, 0.2) is 0 Å². The molecular formula is C14H23NO5. The van der Waals surface area contributed by atoms with Gasteiger partial charge in [-0.25, -0.2) is 4.79 Å². The molecular weight excluding hydrogens is 262 g/mol. The van der Waals surface area contributed by atoms with Crippen LogP contribution >= 0.6 is 0 Å². The number of carboxylic acids is 1. The van der Waals surface area contributed by atoms with Crippen molar-refractivity contribution >= 4 is 11.9 Å². The fraction of sp³-hybridized carbons (Fsp3) is 0.857. The quantitative estimate of drug-likeness (QED) is 0.798. The van der Waals surface area contributed by atoms with Crippen LogP contribution in [0.4, 0.5) is 0 Å². The van der Waals surface area contributed by atoms with Crippen LogP contribution < -0.4 is 5.32 Å². The standard InChI is InChI=1S/C14H23NO5/c1-9-7-10(4-6-20-9)13(16)15-12(14(17)18)11-3-2-5-19-8-11/h9-12H,2-8H2,1H3,(H,15,16)(H,17,18). The molecule has 20 heavy (non-hydrogen) atoms. The number of hydrogen-bond acceptors (Lipinski definition) is 4. The highest BCUT2D eigenvalue weighted by Gasteiger charge is 2.34. The molecule has 6 heteroatoms. The Hall–Kier alpha value is -1.14. The molecule has 2 aliphatic heterocycles. The highest BCUT2D eigenvalue weighted by Crippen LogP contribution is 2.22. The van der Waals surface area contributed by atoms with E-state index in [0.29, 0.717) is 32.7 Å². The lowest BCUT2D eigenvalue weighted by molar-refractivity contribution is -0.146. The van der Waals surface area contributed by atoms with Gasteiger partial charge in [-0.05, 0) is 32.6 Å². The number of ether oxygens (including phenoxy) is 2. The fourth-order valence-electron chi connectivity index (χ4n) is 2.92. The SMILES string of the molecule is CC1CC(C(=O)NC(C(=O)O)C2CCCOC2)CCO1. The Bertz CT molecular complexity index is 353. The van der Waals surface area contributed by atoms with Gasteiger partial charge in [0.1, 0.15) is 6.04 Å². The molecule has 0 spiro atoms. The normalized spacial score (nSPS) is 32.4. The molecule has 4 atom stereocenters. The first-order valence-electron chi connectivity index (χ1n) is 7.30. The summed E-state index contributed by atoms with van der Waals surface area (Å²) in [5.41, 5.74) is 0. The van der Waals surface area contributed by atoms with Crippen molar-refractivity contribution in [2.75, 3.05) is 19.8 Å². The highest BCUT2D eigenvalue weighted by atomic mass is 16.5. The van der Waals surface area contributed by atoms with Crippen molar-refractivity contribution < 1.29 is 24.2 Å². The average Bonchev–Trinajstić information content (AvgIpc) is 2.45. The van der Waals surface area contributed by atoms with Gasteiger partial charge in [0.15, 0.2) is 0 Å². The van der Waals surface area contributed by atoms with E-state index in [2.05, 4.69) is 5.32 Å². The van der Waals surface area contributed by atoms with E-state index < -0.39 is 12.0 Å². The van der Waals surface area contributed by atoms with Gasteiger partial charge >= 0.3 is 5.97 Å². The molecule has 0 aromatic heterocycles. The highest BCUT2D eigenvalue weighted by molar-refractivity contribution is 5.85. The summed E-state index contributed by atoms with van der Waals surface area (Å²) in [6.07, 6.45) is 2.99. The van der Waals surface area contributed by atoms with Crippen LogP contribution in [0.2, 0.25) is 0 Å². The topological polar surface area (TPSA) is 84.9 Å². The Morgan fingerprint density at radius 3 is 2.70 bits per heavy atom. The minimum Gasteiger partial charge on any atom is -0.480 e. The van der Waals surface area contributed by atoms with Crippen molar-refractivity contribution in [2.45, 2.75) is 44.8 Å². The first kappa shape index (κ1) is 15.3. The first-order chi connectivity index (χ1) is 9.58. The smallest absolute Gasteiger partial charge is 0.326 e. The molecule has 2 rings (SSSR count). The monoisotopic (exact) mass is 285 g/mol. The number of aliphatic carboxylic acids is 1. The summed E-state index contributed by atoms with van der Waals surface area (Å²) in [7, 11) is 0. The van der Waals surface area contributed by atoms with Gasteiger partial charge in [0.25, 0.3) is 0 Å². The van der Waals surface area contributed by atoms with E-state index in [1.807, 2.05) is 6.92 Å². The van der Waals surface area contributed by atoms with Crippen molar-refractivity contribution in [1.29, 1.82) is 0 Å². The molecule has 0 aliphatic carbocycles. The average molecular weight is 285 g/mol. The van der Waals surface area contributed by atoms with E-state index in [4.69, 9.17) is 9.47 Å². The maximum atomic E-state index is 12.2. The lowest BCUT2D eigenvalue weighted by atomic mass is 9.91. The molecule has 0 bridgehead atoms. The summed E-state index contributed by atoms with van der Waals surface area (Å²) in [5, 5.41) is 12.0. The predicted octanol–water partition coefficient (Wildman–Crippen LogP) is 0.797. The van der Waals surface area contributed by atoms with Gasteiger partial charge in [-0.2, -0.15) is 0 Å². The fourth-order valence-corrected chi connectivity index (χ4v) is 2.92. The second kappa shape index (κ2) is 7.04. The largest absolute Gasteiger partial charge is 0.480 e. The summed E-state index contributed by atoms with van der Waals surface area (Å²) in [6.45, 7) is 3.57. The first-order valence-corrected chi connectivity index (χ1v) is 7.30. The maximum Gasteiger partial charge on any atom is 0.326 e. The van der Waals surface area contributed by atoms with E-state index in [0.717, 1.165) is 12.8 Å². The molecule has 114 valence electrons. The van der Waals surface area contributed by atoms with E-state index >= 15 is 0 Å². The molecule has 2 saturated heterocycles. The van der Waals surface area contributed by atoms with E-state index in [1.54, 1.807) is 0 Å². The molecule has 1 amide bonds. The molecule has 2 heterocycles. The van der Waals surface area contributed by atoms with Gasteiger partial charge in [0.05, 0.1) is 12.7 Å². The van der Waals surface area contributed by atoms with Gasteiger partial charge in [0.2, 0.25) is 5.91 Å². The Morgan fingerprint density at radius 2 is 2.10 bits per heavy atom. The lowest BCUT2D eigenvalue weighted by Gasteiger charge is -2.31. The van der Waals surface area contributed by atoms with Gasteiger partial charge in [-0.1, -0.05) is 0 Å². The molecule has 2 fully saturated rings. The number of carbonyl (C=O) groups excluding carboxylic acids is 1. The van der Waals surface area contributed by atoms with Crippen molar-refractivity contribution in [3.8, 4) is 0 Å². The Kier molecular flexibility index (Phi) is 5.37. The minimum absolute atomic E-state index is 0.0563. The third-order valence-electron chi connectivity index (χ3n) is 4.09. The third kappa shape index (κ3) is 3.93. The molecule has 4 unspecified atom stereocenters. The molecule has 2 N–H and O–H groups in total. The summed E-state index contributed by atoms with van der Waals surface area (Å²) in [6, 6.07) is -0.846. The van der Waals surface area contributed by atoms with Crippen LogP contribution in [0.3, 0.4) is 0 Å². The van der Waals surface area contributed by atoms with Crippen molar-refractivity contribution in [2.24, 2.45) is 11.8 Å². The molecule has 0 aromatic rings. The Balaban J connectivity index is 1.93. The van der Waals surface area contributed by atoms with Crippen molar-refractivity contribution in [3.63, 3.8) is 0 Å². The van der Waals surface area contributed by atoms with Gasteiger partial charge < -0.3 is 19.9 Å². The zero-order chi connectivity index (χ0) is 14.5. The minimum atomic E-state index is -0.978. The van der Waals surface area contributed by atoms with Gasteiger partial charge in [0, 0.05) is 25.0 Å². The van der Waals surface area contributed by atoms with Crippen LogP contribution in [0, 0.1) is 11.8 Å². The van der Waals surface area contributed by atoms with Crippen LogP contribution in [-0.2, 0) is 19.1 Å². The number of nitrogens with one attached hydrogen (secondary N) is 1. The summed E-state index contributed by atoms with van der Waals surface area (Å²) in [5.74, 6) is -1.43. The summed E-state index contributed by atoms with van der Waals surface area (Å²) < 4.78 is 10.7. The van der Waals surface area contributed by atoms with Crippen molar-refractivity contribution in [1.82, 2.24) is 5.32 Å². The maximum absolute atomic E-state index is 12.2. The molecule has 0 radical (unpaired) electrons. The predicted molar refractivity (Wildman–Crippen MR) is 71.2 cm³/mol. The van der Waals surface area contributed by atoms with Gasteiger partial charge in [-0.3, -0.25) is 4.79 Å². The van der Waals surface area contributed by atoms with E-state index in [-0.39, 0.29) is 23.8 Å². The third-order valence-corrected chi connectivity index (χ3v) is 4.09. The number of hydrogen-bond donors (Lipinski definition) is 2. The molecule has 2 aliphatic rings. The second-order valence-electron chi connectivity index (χ2n) is 5.70. The number of amides is 1. The number of carbonyl (C=O) groups is 2. The lowest BCUT2D eigenvalue weighted by Crippen LogP contribution is -2.51. The number of carboxylic acid groups (broad SMARTS) is 1. The zero-order valence-corrected chi connectivity index (χ0v) is 11.8. The zero-order valence-electron chi connectivity index (χ0n) is 11.8. The van der Waals surface area contributed by atoms with E-state index in [9.17, 15) is 14.7 Å². The summed E-state index contributed by atoms with van der Waals surface area (Å²) in [4.78, 5) is 23.6. The van der Waals surface area contributed by atoms with Crippen molar-refractivity contribution in [3.05, 3.63) is 0 Å².